The summed E-state index contributed by atoms with van der Waals surface area (Å²) in [6.07, 6.45) is 1.93. The molecule has 3 rings (SSSR count). The highest BCUT2D eigenvalue weighted by Gasteiger charge is 2.30. The molecule has 5 heteroatoms. The first-order valence-electron chi connectivity index (χ1n) is 8.75. The molecule has 1 heterocycles. The van der Waals surface area contributed by atoms with Gasteiger partial charge in [-0.2, -0.15) is 0 Å². The standard InChI is InChI=1S/C21H23NO4/c1-15(23)16-5-11-19(12-6-16)26-14-21(24)22-13-3-4-20(22)17-7-9-18(25-2)10-8-17/h5-12,20H,3-4,13-14H2,1-2H3/t20-/m1/s1. The fourth-order valence-electron chi connectivity index (χ4n) is 3.25. The quantitative estimate of drug-likeness (QED) is 0.744. The van der Waals surface area contributed by atoms with Crippen LogP contribution in [-0.2, 0) is 4.79 Å². The van der Waals surface area contributed by atoms with E-state index in [0.29, 0.717) is 11.3 Å². The van der Waals surface area contributed by atoms with Crippen LogP contribution < -0.4 is 9.47 Å². The van der Waals surface area contributed by atoms with Crippen molar-refractivity contribution in [1.82, 2.24) is 4.90 Å². The average molecular weight is 353 g/mol. The van der Waals surface area contributed by atoms with E-state index in [0.717, 1.165) is 30.7 Å². The van der Waals surface area contributed by atoms with Gasteiger partial charge in [-0.1, -0.05) is 12.1 Å². The Hall–Kier alpha value is -2.82. The van der Waals surface area contributed by atoms with Crippen LogP contribution in [0.25, 0.3) is 0 Å². The minimum absolute atomic E-state index is 0.00651. The summed E-state index contributed by atoms with van der Waals surface area (Å²) in [6.45, 7) is 2.25. The first-order valence-corrected chi connectivity index (χ1v) is 8.75. The molecule has 0 saturated carbocycles. The summed E-state index contributed by atoms with van der Waals surface area (Å²) >= 11 is 0. The Morgan fingerprint density at radius 1 is 1.04 bits per heavy atom. The molecule has 0 radical (unpaired) electrons. The molecule has 1 aliphatic rings. The molecule has 0 aromatic heterocycles. The third-order valence-electron chi connectivity index (χ3n) is 4.70. The lowest BCUT2D eigenvalue weighted by atomic mass is 10.0. The zero-order valence-corrected chi connectivity index (χ0v) is 15.1. The Labute approximate surface area is 153 Å². The van der Waals surface area contributed by atoms with Crippen molar-refractivity contribution in [3.05, 3.63) is 59.7 Å². The fraction of sp³-hybridized carbons (Fsp3) is 0.333. The average Bonchev–Trinajstić information content (AvgIpc) is 3.16. The predicted octanol–water partition coefficient (Wildman–Crippen LogP) is 3.64. The van der Waals surface area contributed by atoms with Gasteiger partial charge in [-0.25, -0.2) is 0 Å². The van der Waals surface area contributed by atoms with Crippen LogP contribution in [0.15, 0.2) is 48.5 Å². The minimum Gasteiger partial charge on any atom is -0.497 e. The molecule has 0 aliphatic carbocycles. The molecule has 0 bridgehead atoms. The number of carbonyl (C=O) groups excluding carboxylic acids is 2. The monoisotopic (exact) mass is 353 g/mol. The summed E-state index contributed by atoms with van der Waals surface area (Å²) in [4.78, 5) is 25.8. The predicted molar refractivity (Wildman–Crippen MR) is 98.6 cm³/mol. The maximum absolute atomic E-state index is 12.6. The van der Waals surface area contributed by atoms with Crippen molar-refractivity contribution >= 4 is 11.7 Å². The number of carbonyl (C=O) groups is 2. The van der Waals surface area contributed by atoms with Crippen LogP contribution in [0.5, 0.6) is 11.5 Å². The molecular weight excluding hydrogens is 330 g/mol. The van der Waals surface area contributed by atoms with Gasteiger partial charge in [-0.3, -0.25) is 9.59 Å². The molecule has 1 aliphatic heterocycles. The summed E-state index contributed by atoms with van der Waals surface area (Å²) in [5, 5.41) is 0. The van der Waals surface area contributed by atoms with Crippen LogP contribution in [0.1, 0.15) is 41.7 Å². The van der Waals surface area contributed by atoms with Gasteiger partial charge < -0.3 is 14.4 Å². The molecule has 1 saturated heterocycles. The minimum atomic E-state index is -0.0287. The van der Waals surface area contributed by atoms with E-state index in [4.69, 9.17) is 9.47 Å². The Morgan fingerprint density at radius 3 is 2.31 bits per heavy atom. The van der Waals surface area contributed by atoms with Gasteiger partial charge in [-0.15, -0.1) is 0 Å². The number of benzene rings is 2. The Kier molecular flexibility index (Phi) is 5.56. The van der Waals surface area contributed by atoms with Gasteiger partial charge >= 0.3 is 0 Å². The van der Waals surface area contributed by atoms with Crippen molar-refractivity contribution in [1.29, 1.82) is 0 Å². The van der Waals surface area contributed by atoms with Gasteiger partial charge in [0.15, 0.2) is 12.4 Å². The lowest BCUT2D eigenvalue weighted by Crippen LogP contribution is -2.34. The fourth-order valence-corrected chi connectivity index (χ4v) is 3.25. The van der Waals surface area contributed by atoms with E-state index in [9.17, 15) is 9.59 Å². The maximum Gasteiger partial charge on any atom is 0.261 e. The Bertz CT molecular complexity index is 768. The summed E-state index contributed by atoms with van der Waals surface area (Å²) in [7, 11) is 1.64. The van der Waals surface area contributed by atoms with Gasteiger partial charge in [0.2, 0.25) is 0 Å². The number of nitrogens with zero attached hydrogens (tertiary/aromatic N) is 1. The molecule has 26 heavy (non-hydrogen) atoms. The summed E-state index contributed by atoms with van der Waals surface area (Å²) < 4.78 is 10.8. The second-order valence-corrected chi connectivity index (χ2v) is 6.39. The van der Waals surface area contributed by atoms with Crippen LogP contribution in [-0.4, -0.2) is 36.9 Å². The zero-order valence-electron chi connectivity index (χ0n) is 15.1. The van der Waals surface area contributed by atoms with E-state index in [-0.39, 0.29) is 24.3 Å². The molecule has 0 N–H and O–H groups in total. The van der Waals surface area contributed by atoms with E-state index in [2.05, 4.69) is 0 Å². The number of amides is 1. The van der Waals surface area contributed by atoms with Crippen molar-refractivity contribution in [2.75, 3.05) is 20.3 Å². The number of hydrogen-bond acceptors (Lipinski definition) is 4. The number of ether oxygens (including phenoxy) is 2. The first-order chi connectivity index (χ1) is 12.6. The van der Waals surface area contributed by atoms with Gasteiger partial charge in [0, 0.05) is 12.1 Å². The molecule has 0 spiro atoms. The van der Waals surface area contributed by atoms with Crippen LogP contribution in [0.2, 0.25) is 0 Å². The molecule has 1 amide bonds. The van der Waals surface area contributed by atoms with E-state index in [1.807, 2.05) is 29.2 Å². The first kappa shape index (κ1) is 18.0. The lowest BCUT2D eigenvalue weighted by molar-refractivity contribution is -0.134. The van der Waals surface area contributed by atoms with E-state index >= 15 is 0 Å². The highest BCUT2D eigenvalue weighted by Crippen LogP contribution is 2.32. The third kappa shape index (κ3) is 4.04. The third-order valence-corrected chi connectivity index (χ3v) is 4.70. The van der Waals surface area contributed by atoms with Gasteiger partial charge in [0.25, 0.3) is 5.91 Å². The summed E-state index contributed by atoms with van der Waals surface area (Å²) in [5.41, 5.74) is 1.74. The second-order valence-electron chi connectivity index (χ2n) is 6.39. The highest BCUT2D eigenvalue weighted by molar-refractivity contribution is 5.94. The smallest absolute Gasteiger partial charge is 0.261 e. The number of methoxy groups -OCH3 is 1. The Balaban J connectivity index is 1.61. The number of ketones is 1. The molecule has 5 nitrogen and oxygen atoms in total. The zero-order chi connectivity index (χ0) is 18.5. The highest BCUT2D eigenvalue weighted by atomic mass is 16.5. The summed E-state index contributed by atoms with van der Waals surface area (Å²) in [5.74, 6) is 1.37. The van der Waals surface area contributed by atoms with Crippen LogP contribution in [0.4, 0.5) is 0 Å². The molecule has 1 fully saturated rings. The normalized spacial score (nSPS) is 16.4. The van der Waals surface area contributed by atoms with Crippen molar-refractivity contribution in [3.8, 4) is 11.5 Å². The van der Waals surface area contributed by atoms with Crippen molar-refractivity contribution < 1.29 is 19.1 Å². The SMILES string of the molecule is COc1ccc([C@H]2CCCN2C(=O)COc2ccc(C(C)=O)cc2)cc1. The lowest BCUT2D eigenvalue weighted by Gasteiger charge is -2.25. The van der Waals surface area contributed by atoms with Crippen molar-refractivity contribution in [2.45, 2.75) is 25.8 Å². The number of rotatable bonds is 6. The molecule has 136 valence electrons. The van der Waals surface area contributed by atoms with Crippen molar-refractivity contribution in [2.24, 2.45) is 0 Å². The van der Waals surface area contributed by atoms with E-state index < -0.39 is 0 Å². The number of likely N-dealkylation sites (tertiary alicyclic amines) is 1. The van der Waals surface area contributed by atoms with Crippen LogP contribution >= 0.6 is 0 Å². The molecule has 1 atom stereocenters. The molecular formula is C21H23NO4. The second kappa shape index (κ2) is 8.04. The van der Waals surface area contributed by atoms with E-state index in [1.165, 1.54) is 6.92 Å². The molecule has 2 aromatic carbocycles. The Morgan fingerprint density at radius 2 is 1.69 bits per heavy atom. The topological polar surface area (TPSA) is 55.8 Å². The van der Waals surface area contributed by atoms with E-state index in [1.54, 1.807) is 31.4 Å². The molecule has 0 unspecified atom stereocenters. The van der Waals surface area contributed by atoms with Gasteiger partial charge in [-0.05, 0) is 61.7 Å². The number of Topliss-reactive ketones (excluding diaryl/α,β-unsaturated/α-hetero) is 1. The maximum atomic E-state index is 12.6. The number of hydrogen-bond donors (Lipinski definition) is 0. The van der Waals surface area contributed by atoms with Crippen molar-refractivity contribution in [3.63, 3.8) is 0 Å². The molecule has 2 aromatic rings. The van der Waals surface area contributed by atoms with Crippen LogP contribution in [0, 0.1) is 0 Å². The largest absolute Gasteiger partial charge is 0.497 e. The van der Waals surface area contributed by atoms with Gasteiger partial charge in [0.05, 0.1) is 13.2 Å². The van der Waals surface area contributed by atoms with Crippen LogP contribution in [0.3, 0.4) is 0 Å². The summed E-state index contributed by atoms with van der Waals surface area (Å²) in [6, 6.07) is 14.8. The van der Waals surface area contributed by atoms with Gasteiger partial charge in [0.1, 0.15) is 11.5 Å².